The molecule has 7 heteroatoms. The molecule has 0 fully saturated rings. The lowest BCUT2D eigenvalue weighted by Gasteiger charge is -2.01. The number of benzene rings is 1. The van der Waals surface area contributed by atoms with Gasteiger partial charge in [0.15, 0.2) is 10.9 Å². The number of aromatic nitrogens is 4. The van der Waals surface area contributed by atoms with Crippen molar-refractivity contribution >= 4 is 43.7 Å². The molecule has 0 spiro atoms. The third-order valence-electron chi connectivity index (χ3n) is 3.73. The van der Waals surface area contributed by atoms with Crippen molar-refractivity contribution < 1.29 is 0 Å². The highest BCUT2D eigenvalue weighted by Crippen LogP contribution is 2.33. The lowest BCUT2D eigenvalue weighted by Crippen LogP contribution is -1.98. The van der Waals surface area contributed by atoms with Gasteiger partial charge in [0.1, 0.15) is 21.4 Å². The number of hydrogen-bond donors (Lipinski definition) is 2. The van der Waals surface area contributed by atoms with E-state index < -0.39 is 0 Å². The summed E-state index contributed by atoms with van der Waals surface area (Å²) < 4.78 is 1.99. The highest BCUT2D eigenvalue weighted by atomic mass is 32.1. The largest absolute Gasteiger partial charge is 0.371 e. The van der Waals surface area contributed by atoms with Crippen LogP contribution in [-0.4, -0.2) is 26.6 Å². The van der Waals surface area contributed by atoms with Crippen LogP contribution in [0.25, 0.3) is 21.4 Å². The normalized spacial score (nSPS) is 11.2. The van der Waals surface area contributed by atoms with Gasteiger partial charge in [-0.3, -0.25) is 0 Å². The molecular weight excluding hydrogens is 308 g/mol. The predicted molar refractivity (Wildman–Crippen MR) is 95.0 cm³/mol. The van der Waals surface area contributed by atoms with Gasteiger partial charge in [0.25, 0.3) is 0 Å². The standard InChI is InChI=1S/C16H16N6S/c1-17-14-11-13(22(2)9-19-11)12-15(21-14)23-16(20-12)18-8-10-6-4-3-5-7-10/h3-7,9H,8H2,1-2H3,(H,17,21)(H,18,20). The van der Waals surface area contributed by atoms with E-state index in [9.17, 15) is 0 Å². The molecule has 0 aliphatic rings. The number of imidazole rings is 1. The molecular formula is C16H16N6S. The lowest BCUT2D eigenvalue weighted by atomic mass is 10.2. The molecule has 0 atom stereocenters. The molecule has 6 nitrogen and oxygen atoms in total. The van der Waals surface area contributed by atoms with Crippen LogP contribution >= 0.6 is 11.3 Å². The SMILES string of the molecule is CNc1nc2sc(NCc3ccccc3)nc2c2c1ncn2C. The van der Waals surface area contributed by atoms with Crippen molar-refractivity contribution in [2.75, 3.05) is 17.7 Å². The molecule has 0 saturated heterocycles. The van der Waals surface area contributed by atoms with Crippen LogP contribution in [0.15, 0.2) is 36.7 Å². The van der Waals surface area contributed by atoms with Gasteiger partial charge >= 0.3 is 0 Å². The number of nitrogens with one attached hydrogen (secondary N) is 2. The molecule has 4 rings (SSSR count). The zero-order chi connectivity index (χ0) is 15.8. The van der Waals surface area contributed by atoms with E-state index in [-0.39, 0.29) is 0 Å². The smallest absolute Gasteiger partial charge is 0.185 e. The maximum Gasteiger partial charge on any atom is 0.185 e. The number of pyridine rings is 1. The first kappa shape index (κ1) is 14.0. The minimum atomic E-state index is 0.744. The van der Waals surface area contributed by atoms with Gasteiger partial charge in [0, 0.05) is 20.6 Å². The van der Waals surface area contributed by atoms with E-state index in [1.807, 2.05) is 36.9 Å². The van der Waals surface area contributed by atoms with Crippen molar-refractivity contribution in [3.05, 3.63) is 42.2 Å². The summed E-state index contributed by atoms with van der Waals surface area (Å²) in [4.78, 5) is 14.7. The van der Waals surface area contributed by atoms with Crippen LogP contribution in [0.1, 0.15) is 5.56 Å². The van der Waals surface area contributed by atoms with Crippen LogP contribution in [0.3, 0.4) is 0 Å². The van der Waals surface area contributed by atoms with Crippen molar-refractivity contribution in [1.29, 1.82) is 0 Å². The highest BCUT2D eigenvalue weighted by Gasteiger charge is 2.16. The molecule has 1 aromatic carbocycles. The molecule has 0 bridgehead atoms. The third kappa shape index (κ3) is 2.39. The summed E-state index contributed by atoms with van der Waals surface area (Å²) in [7, 11) is 3.84. The van der Waals surface area contributed by atoms with Crippen LogP contribution < -0.4 is 10.6 Å². The van der Waals surface area contributed by atoms with Gasteiger partial charge in [-0.1, -0.05) is 41.7 Å². The fourth-order valence-electron chi connectivity index (χ4n) is 2.60. The van der Waals surface area contributed by atoms with Gasteiger partial charge in [-0.15, -0.1) is 0 Å². The third-order valence-corrected chi connectivity index (χ3v) is 4.64. The van der Waals surface area contributed by atoms with E-state index in [0.717, 1.165) is 38.9 Å². The Kier molecular flexibility index (Phi) is 3.34. The quantitative estimate of drug-likeness (QED) is 0.603. The van der Waals surface area contributed by atoms with E-state index >= 15 is 0 Å². The van der Waals surface area contributed by atoms with E-state index in [1.54, 1.807) is 17.7 Å². The first-order valence-corrected chi connectivity index (χ1v) is 8.15. The fourth-order valence-corrected chi connectivity index (χ4v) is 3.44. The van der Waals surface area contributed by atoms with Crippen molar-refractivity contribution in [3.63, 3.8) is 0 Å². The Morgan fingerprint density at radius 1 is 1.13 bits per heavy atom. The Bertz CT molecular complexity index is 972. The summed E-state index contributed by atoms with van der Waals surface area (Å²) in [5.74, 6) is 0.784. The molecule has 116 valence electrons. The fraction of sp³-hybridized carbons (Fsp3) is 0.188. The number of fused-ring (bicyclic) bond motifs is 3. The Morgan fingerprint density at radius 3 is 2.74 bits per heavy atom. The zero-order valence-electron chi connectivity index (χ0n) is 12.9. The summed E-state index contributed by atoms with van der Waals surface area (Å²) in [5.41, 5.74) is 3.96. The summed E-state index contributed by atoms with van der Waals surface area (Å²) in [6, 6.07) is 10.3. The Labute approximate surface area is 137 Å². The maximum atomic E-state index is 4.72. The second-order valence-electron chi connectivity index (χ2n) is 5.28. The van der Waals surface area contributed by atoms with Gasteiger partial charge in [-0.25, -0.2) is 15.0 Å². The second-order valence-corrected chi connectivity index (χ2v) is 6.25. The maximum absolute atomic E-state index is 4.72. The molecule has 0 unspecified atom stereocenters. The van der Waals surface area contributed by atoms with Crippen LogP contribution in [0.2, 0.25) is 0 Å². The number of thiazole rings is 1. The van der Waals surface area contributed by atoms with Crippen LogP contribution in [0.4, 0.5) is 10.9 Å². The van der Waals surface area contributed by atoms with Crippen LogP contribution in [-0.2, 0) is 13.6 Å². The van der Waals surface area contributed by atoms with Crippen LogP contribution in [0, 0.1) is 0 Å². The molecule has 4 aromatic rings. The number of hydrogen-bond acceptors (Lipinski definition) is 6. The van der Waals surface area contributed by atoms with E-state index in [0.29, 0.717) is 0 Å². The number of rotatable bonds is 4. The first-order valence-electron chi connectivity index (χ1n) is 7.33. The number of nitrogens with zero attached hydrogens (tertiary/aromatic N) is 4. The first-order chi connectivity index (χ1) is 11.3. The number of anilines is 2. The monoisotopic (exact) mass is 324 g/mol. The molecule has 2 N–H and O–H groups in total. The topological polar surface area (TPSA) is 67.7 Å². The van der Waals surface area contributed by atoms with Crippen molar-refractivity contribution in [3.8, 4) is 0 Å². The zero-order valence-corrected chi connectivity index (χ0v) is 13.7. The molecule has 0 saturated carbocycles. The molecule has 3 aromatic heterocycles. The van der Waals surface area contributed by atoms with E-state index in [2.05, 4.69) is 32.7 Å². The van der Waals surface area contributed by atoms with Crippen LogP contribution in [0.5, 0.6) is 0 Å². The summed E-state index contributed by atoms with van der Waals surface area (Å²) in [6.45, 7) is 0.744. The summed E-state index contributed by atoms with van der Waals surface area (Å²) in [5, 5.41) is 7.36. The Hall–Kier alpha value is -2.67. The predicted octanol–water partition coefficient (Wildman–Crippen LogP) is 3.23. The lowest BCUT2D eigenvalue weighted by molar-refractivity contribution is 0.949. The van der Waals surface area contributed by atoms with Gasteiger partial charge in [0.2, 0.25) is 0 Å². The van der Waals surface area contributed by atoms with E-state index in [1.165, 1.54) is 5.56 Å². The van der Waals surface area contributed by atoms with Gasteiger partial charge in [0.05, 0.1) is 6.33 Å². The van der Waals surface area contributed by atoms with E-state index in [4.69, 9.17) is 4.98 Å². The molecule has 3 heterocycles. The van der Waals surface area contributed by atoms with Gasteiger partial charge in [-0.2, -0.15) is 0 Å². The average Bonchev–Trinajstić information content (AvgIpc) is 3.16. The molecule has 0 amide bonds. The Balaban J connectivity index is 1.75. The Morgan fingerprint density at radius 2 is 1.96 bits per heavy atom. The minimum Gasteiger partial charge on any atom is -0.371 e. The van der Waals surface area contributed by atoms with Crippen molar-refractivity contribution in [1.82, 2.24) is 19.5 Å². The summed E-state index contributed by atoms with van der Waals surface area (Å²) in [6.07, 6.45) is 1.79. The minimum absolute atomic E-state index is 0.744. The average molecular weight is 324 g/mol. The summed E-state index contributed by atoms with van der Waals surface area (Å²) >= 11 is 1.56. The number of aryl methyl sites for hydroxylation is 1. The molecule has 0 aliphatic carbocycles. The molecule has 0 aliphatic heterocycles. The van der Waals surface area contributed by atoms with Crippen molar-refractivity contribution in [2.45, 2.75) is 6.54 Å². The van der Waals surface area contributed by atoms with Crippen molar-refractivity contribution in [2.24, 2.45) is 7.05 Å². The molecule has 23 heavy (non-hydrogen) atoms. The highest BCUT2D eigenvalue weighted by molar-refractivity contribution is 7.21. The van der Waals surface area contributed by atoms with Gasteiger partial charge in [-0.05, 0) is 5.56 Å². The molecule has 0 radical (unpaired) electrons. The second kappa shape index (κ2) is 5.51. The van der Waals surface area contributed by atoms with Gasteiger partial charge < -0.3 is 15.2 Å².